The Hall–Kier alpha value is -3.18. The first-order chi connectivity index (χ1) is 21.2. The van der Waals surface area contributed by atoms with Crippen molar-refractivity contribution in [1.29, 1.82) is 0 Å². The summed E-state index contributed by atoms with van der Waals surface area (Å²) in [6.07, 6.45) is -11.6. The number of rotatable bonds is 10. The molecule has 10 atom stereocenters. The van der Waals surface area contributed by atoms with Gasteiger partial charge in [0.25, 0.3) is 0 Å². The number of esters is 4. The van der Waals surface area contributed by atoms with Crippen LogP contribution >= 0.6 is 0 Å². The third-order valence-corrected chi connectivity index (χ3v) is 7.14. The summed E-state index contributed by atoms with van der Waals surface area (Å²) in [5.74, 6) is -3.86. The van der Waals surface area contributed by atoms with Gasteiger partial charge >= 0.3 is 23.9 Å². The van der Waals surface area contributed by atoms with Crippen LogP contribution < -0.4 is 0 Å². The largest absolute Gasteiger partial charge is 0.463 e. The van der Waals surface area contributed by atoms with Crippen LogP contribution in [0.5, 0.6) is 0 Å². The van der Waals surface area contributed by atoms with Gasteiger partial charge < -0.3 is 52.5 Å². The molecule has 1 unspecified atom stereocenters. The van der Waals surface area contributed by atoms with Gasteiger partial charge in [-0.15, -0.1) is 0 Å². The average Bonchev–Trinajstić information content (AvgIpc) is 3.33. The molecule has 3 saturated heterocycles. The van der Waals surface area contributed by atoms with Crippen LogP contribution in [0.1, 0.15) is 53.4 Å². The molecule has 1 aromatic carbocycles. The Bertz CT molecular complexity index is 1190. The fourth-order valence-electron chi connectivity index (χ4n) is 5.31. The van der Waals surface area contributed by atoms with Gasteiger partial charge in [-0.1, -0.05) is 30.3 Å². The number of carbonyl (C=O) groups excluding carboxylic acids is 4. The van der Waals surface area contributed by atoms with Crippen molar-refractivity contribution in [1.82, 2.24) is 0 Å². The minimum absolute atomic E-state index is 0.156. The van der Waals surface area contributed by atoms with Crippen molar-refractivity contribution in [3.63, 3.8) is 0 Å². The normalized spacial score (nSPS) is 34.4. The first-order valence-corrected chi connectivity index (χ1v) is 14.5. The van der Waals surface area contributed by atoms with Gasteiger partial charge in [0.2, 0.25) is 0 Å². The second kappa shape index (κ2) is 14.9. The summed E-state index contributed by atoms with van der Waals surface area (Å²) in [5, 5.41) is 11.4. The molecule has 3 aliphatic rings. The van der Waals surface area contributed by atoms with Gasteiger partial charge in [-0.2, -0.15) is 0 Å². The fraction of sp³-hybridized carbons (Fsp3) is 0.667. The zero-order chi connectivity index (χ0) is 32.9. The highest BCUT2D eigenvalue weighted by Gasteiger charge is 2.54. The lowest BCUT2D eigenvalue weighted by atomic mass is 9.98. The van der Waals surface area contributed by atoms with Crippen molar-refractivity contribution in [3.05, 3.63) is 35.9 Å². The summed E-state index contributed by atoms with van der Waals surface area (Å²) in [4.78, 5) is 47.9. The monoisotopic (exact) mass is 640 g/mol. The molecule has 1 N–H and O–H groups in total. The molecular formula is C30H40O15. The van der Waals surface area contributed by atoms with E-state index in [0.29, 0.717) is 5.56 Å². The molecule has 0 aromatic heterocycles. The molecule has 1 aromatic rings. The molecule has 250 valence electrons. The van der Waals surface area contributed by atoms with E-state index in [1.165, 1.54) is 6.92 Å². The van der Waals surface area contributed by atoms with Crippen LogP contribution in [0.15, 0.2) is 30.3 Å². The van der Waals surface area contributed by atoms with Gasteiger partial charge in [-0.05, 0) is 13.8 Å². The smallest absolute Gasteiger partial charge is 0.303 e. The Kier molecular flexibility index (Phi) is 11.5. The average molecular weight is 641 g/mol. The standard InChI is InChI=1S/C30H40O15/c1-15(31)36-13-21-25(39-16(2)32)26(40-17(3)33)27(41-18(4)34)29(43-21)37-12-20-23(35)24(22-14-38-30(5,6)45-22)44-28(42-20)19-10-8-7-9-11-19/h7-11,20-29,35H,12-14H2,1-6H3/t20-,21+,22+,23+,24+,25+,26-,27+,28?,29+/m0/s1. The summed E-state index contributed by atoms with van der Waals surface area (Å²) in [6.45, 7) is 7.44. The Balaban J connectivity index is 1.61. The van der Waals surface area contributed by atoms with Crippen molar-refractivity contribution in [2.24, 2.45) is 0 Å². The molecule has 0 spiro atoms. The zero-order valence-electron chi connectivity index (χ0n) is 25.9. The maximum Gasteiger partial charge on any atom is 0.303 e. The first-order valence-electron chi connectivity index (χ1n) is 14.5. The Morgan fingerprint density at radius 2 is 1.42 bits per heavy atom. The van der Waals surface area contributed by atoms with Gasteiger partial charge in [0.1, 0.15) is 37.1 Å². The highest BCUT2D eigenvalue weighted by atomic mass is 16.8. The predicted octanol–water partition coefficient (Wildman–Crippen LogP) is 1.08. The lowest BCUT2D eigenvalue weighted by Gasteiger charge is -2.45. The molecule has 0 bridgehead atoms. The number of carbonyl (C=O) groups is 4. The van der Waals surface area contributed by atoms with E-state index in [2.05, 4.69) is 0 Å². The van der Waals surface area contributed by atoms with E-state index >= 15 is 0 Å². The molecule has 0 saturated carbocycles. The summed E-state index contributed by atoms with van der Waals surface area (Å²) < 4.78 is 57.4. The molecule has 15 heteroatoms. The number of ether oxygens (including phenoxy) is 10. The highest BCUT2D eigenvalue weighted by Crippen LogP contribution is 2.37. The van der Waals surface area contributed by atoms with Gasteiger partial charge in [-0.3, -0.25) is 19.2 Å². The van der Waals surface area contributed by atoms with E-state index in [1.807, 2.05) is 18.2 Å². The second-order valence-electron chi connectivity index (χ2n) is 11.3. The summed E-state index contributed by atoms with van der Waals surface area (Å²) in [6, 6.07) is 9.05. The molecule has 45 heavy (non-hydrogen) atoms. The van der Waals surface area contributed by atoms with E-state index in [0.717, 1.165) is 20.8 Å². The summed E-state index contributed by atoms with van der Waals surface area (Å²) in [7, 11) is 0. The van der Waals surface area contributed by atoms with Crippen molar-refractivity contribution < 1.29 is 71.7 Å². The molecule has 3 aliphatic heterocycles. The first kappa shape index (κ1) is 34.7. The van der Waals surface area contributed by atoms with E-state index in [9.17, 15) is 24.3 Å². The van der Waals surface area contributed by atoms with Crippen LogP contribution in [-0.2, 0) is 66.5 Å². The van der Waals surface area contributed by atoms with Gasteiger partial charge in [0, 0.05) is 33.3 Å². The van der Waals surface area contributed by atoms with Crippen LogP contribution in [-0.4, -0.2) is 110 Å². The number of hydrogen-bond donors (Lipinski definition) is 1. The van der Waals surface area contributed by atoms with Crippen LogP contribution in [0.2, 0.25) is 0 Å². The number of benzene rings is 1. The second-order valence-corrected chi connectivity index (χ2v) is 11.3. The SMILES string of the molecule is CC(=O)OC[C@H]1O[C@@H](OC[C@@H]2OC(c3ccccc3)O[C@H]([C@H]3COC(C)(C)O3)[C@@H]2O)[C@H](OC(C)=O)[C@@H](OC(C)=O)[C@@H]1OC(C)=O. The van der Waals surface area contributed by atoms with E-state index in [4.69, 9.17) is 47.4 Å². The number of hydrogen-bond acceptors (Lipinski definition) is 15. The zero-order valence-corrected chi connectivity index (χ0v) is 25.9. The van der Waals surface area contributed by atoms with Crippen molar-refractivity contribution in [3.8, 4) is 0 Å². The van der Waals surface area contributed by atoms with Gasteiger partial charge in [-0.25, -0.2) is 0 Å². The summed E-state index contributed by atoms with van der Waals surface area (Å²) >= 11 is 0. The van der Waals surface area contributed by atoms with Crippen LogP contribution in [0.25, 0.3) is 0 Å². The number of aliphatic hydroxyl groups is 1. The van der Waals surface area contributed by atoms with E-state index < -0.39 is 97.7 Å². The minimum atomic E-state index is -1.46. The third-order valence-electron chi connectivity index (χ3n) is 7.14. The third kappa shape index (κ3) is 9.19. The molecule has 15 nitrogen and oxygen atoms in total. The Morgan fingerprint density at radius 1 is 0.800 bits per heavy atom. The van der Waals surface area contributed by atoms with Crippen molar-refractivity contribution >= 4 is 23.9 Å². The van der Waals surface area contributed by atoms with E-state index in [-0.39, 0.29) is 13.2 Å². The molecular weight excluding hydrogens is 600 g/mol. The van der Waals surface area contributed by atoms with Gasteiger partial charge in [0.05, 0.1) is 13.2 Å². The molecule has 0 amide bonds. The quantitative estimate of drug-likeness (QED) is 0.283. The highest BCUT2D eigenvalue weighted by molar-refractivity contribution is 5.68. The molecule has 4 rings (SSSR count). The van der Waals surface area contributed by atoms with Crippen molar-refractivity contribution in [2.75, 3.05) is 19.8 Å². The topological polar surface area (TPSA) is 181 Å². The Labute approximate surface area is 260 Å². The summed E-state index contributed by atoms with van der Waals surface area (Å²) in [5.41, 5.74) is 0.671. The van der Waals surface area contributed by atoms with Gasteiger partial charge in [0.15, 0.2) is 36.7 Å². The van der Waals surface area contributed by atoms with Crippen LogP contribution in [0.3, 0.4) is 0 Å². The minimum Gasteiger partial charge on any atom is -0.463 e. The molecule has 0 aliphatic carbocycles. The molecule has 3 heterocycles. The fourth-order valence-corrected chi connectivity index (χ4v) is 5.31. The predicted molar refractivity (Wildman–Crippen MR) is 148 cm³/mol. The van der Waals surface area contributed by atoms with Crippen LogP contribution in [0.4, 0.5) is 0 Å². The maximum absolute atomic E-state index is 12.2. The van der Waals surface area contributed by atoms with Crippen LogP contribution in [0, 0.1) is 0 Å². The number of aliphatic hydroxyl groups excluding tert-OH is 1. The lowest BCUT2D eigenvalue weighted by molar-refractivity contribution is -0.338. The van der Waals surface area contributed by atoms with Crippen molar-refractivity contribution in [2.45, 2.75) is 109 Å². The molecule has 3 fully saturated rings. The maximum atomic E-state index is 12.2. The lowest BCUT2D eigenvalue weighted by Crippen LogP contribution is -2.63. The molecule has 0 radical (unpaired) electrons. The van der Waals surface area contributed by atoms with E-state index in [1.54, 1.807) is 26.0 Å². The Morgan fingerprint density at radius 3 is 2.00 bits per heavy atom.